The molecule has 0 spiro atoms. The number of thiazole rings is 1. The summed E-state index contributed by atoms with van der Waals surface area (Å²) in [6, 6.07) is 7.25. The summed E-state index contributed by atoms with van der Waals surface area (Å²) in [6.07, 6.45) is -0.839. The number of hydrogen-bond acceptors (Lipinski definition) is 5. The second kappa shape index (κ2) is 7.10. The maximum Gasteiger partial charge on any atom is 0.351 e. The van der Waals surface area contributed by atoms with Gasteiger partial charge in [0, 0.05) is 24.7 Å². The molecular formula is C16H17ClN2O3S. The van der Waals surface area contributed by atoms with E-state index >= 15 is 0 Å². The molecule has 122 valence electrons. The number of carbonyl (C=O) groups is 2. The molecule has 0 unspecified atom stereocenters. The van der Waals surface area contributed by atoms with Crippen molar-refractivity contribution in [1.82, 2.24) is 9.88 Å². The highest BCUT2D eigenvalue weighted by molar-refractivity contribution is 7.17. The Hall–Kier alpha value is -1.92. The first-order valence-corrected chi connectivity index (χ1v) is 8.14. The van der Waals surface area contributed by atoms with Crippen LogP contribution in [-0.4, -0.2) is 42.0 Å². The highest BCUT2D eigenvalue weighted by Gasteiger charge is 2.24. The van der Waals surface area contributed by atoms with Crippen molar-refractivity contribution in [1.29, 1.82) is 0 Å². The Morgan fingerprint density at radius 2 is 2.04 bits per heavy atom. The van der Waals surface area contributed by atoms with Crippen molar-refractivity contribution in [3.63, 3.8) is 0 Å². The minimum absolute atomic E-state index is 0.268. The summed E-state index contributed by atoms with van der Waals surface area (Å²) in [5.74, 6) is -0.813. The molecule has 7 heteroatoms. The second-order valence-corrected chi connectivity index (χ2v) is 6.66. The van der Waals surface area contributed by atoms with E-state index in [0.717, 1.165) is 5.56 Å². The van der Waals surface area contributed by atoms with Gasteiger partial charge in [0.05, 0.1) is 5.69 Å². The third-order valence-electron chi connectivity index (χ3n) is 3.13. The predicted molar refractivity (Wildman–Crippen MR) is 90.9 cm³/mol. The van der Waals surface area contributed by atoms with E-state index in [1.165, 1.54) is 16.2 Å². The number of carbonyl (C=O) groups excluding carboxylic acids is 2. The van der Waals surface area contributed by atoms with Crippen LogP contribution >= 0.6 is 22.9 Å². The van der Waals surface area contributed by atoms with Crippen LogP contribution in [0.1, 0.15) is 22.3 Å². The molecule has 0 aliphatic heterocycles. The van der Waals surface area contributed by atoms with Gasteiger partial charge in [-0.1, -0.05) is 23.7 Å². The van der Waals surface area contributed by atoms with Gasteiger partial charge in [0.25, 0.3) is 5.91 Å². The van der Waals surface area contributed by atoms with Gasteiger partial charge in [0.1, 0.15) is 9.88 Å². The first-order chi connectivity index (χ1) is 10.8. The maximum atomic E-state index is 12.3. The Balaban J connectivity index is 2.21. The van der Waals surface area contributed by atoms with Crippen LogP contribution < -0.4 is 0 Å². The summed E-state index contributed by atoms with van der Waals surface area (Å²) in [7, 11) is 3.23. The molecule has 0 fully saturated rings. The number of aromatic nitrogens is 1. The highest BCUT2D eigenvalue weighted by Crippen LogP contribution is 2.30. The van der Waals surface area contributed by atoms with Crippen LogP contribution in [0.2, 0.25) is 5.02 Å². The quantitative estimate of drug-likeness (QED) is 0.791. The van der Waals surface area contributed by atoms with Gasteiger partial charge < -0.3 is 9.64 Å². The molecule has 0 aliphatic rings. The van der Waals surface area contributed by atoms with Crippen molar-refractivity contribution < 1.29 is 14.3 Å². The first-order valence-electron chi connectivity index (χ1n) is 6.95. The molecule has 1 atom stereocenters. The number of rotatable bonds is 4. The standard InChI is InChI=1S/C16H17ClN2O3S/c1-9-13(16(21)22-10(2)15(20)19(3)4)23-14(18-9)11-6-5-7-12(17)8-11/h5-8,10H,1-4H3/t10-/m1/s1. The van der Waals surface area contributed by atoms with Crippen LogP contribution in [0, 0.1) is 6.92 Å². The zero-order valence-corrected chi connectivity index (χ0v) is 14.9. The molecule has 0 radical (unpaired) electrons. The van der Waals surface area contributed by atoms with Crippen LogP contribution in [-0.2, 0) is 9.53 Å². The van der Waals surface area contributed by atoms with Crippen LogP contribution in [0.5, 0.6) is 0 Å². The number of nitrogens with zero attached hydrogens (tertiary/aromatic N) is 2. The fourth-order valence-electron chi connectivity index (χ4n) is 1.96. The van der Waals surface area contributed by atoms with Crippen molar-refractivity contribution in [2.75, 3.05) is 14.1 Å². The van der Waals surface area contributed by atoms with Gasteiger partial charge in [-0.2, -0.15) is 0 Å². The van der Waals surface area contributed by atoms with Crippen LogP contribution in [0.3, 0.4) is 0 Å². The third-order valence-corrected chi connectivity index (χ3v) is 4.55. The van der Waals surface area contributed by atoms with Crippen LogP contribution in [0.25, 0.3) is 10.6 Å². The number of benzene rings is 1. The molecule has 1 aromatic heterocycles. The van der Waals surface area contributed by atoms with Gasteiger partial charge in [-0.05, 0) is 26.0 Å². The third kappa shape index (κ3) is 4.09. The number of amides is 1. The van der Waals surface area contributed by atoms with E-state index in [1.54, 1.807) is 40.1 Å². The number of likely N-dealkylation sites (N-methyl/N-ethyl adjacent to an activating group) is 1. The molecule has 1 aromatic carbocycles. The van der Waals surface area contributed by atoms with Gasteiger partial charge in [0.15, 0.2) is 6.10 Å². The molecular weight excluding hydrogens is 336 g/mol. The van der Waals surface area contributed by atoms with E-state index in [-0.39, 0.29) is 5.91 Å². The first kappa shape index (κ1) is 17.4. The average Bonchev–Trinajstić information content (AvgIpc) is 2.88. The van der Waals surface area contributed by atoms with E-state index in [2.05, 4.69) is 4.98 Å². The van der Waals surface area contributed by atoms with Gasteiger partial charge in [-0.15, -0.1) is 11.3 Å². The van der Waals surface area contributed by atoms with Crippen LogP contribution in [0.4, 0.5) is 0 Å². The van der Waals surface area contributed by atoms with E-state index in [4.69, 9.17) is 16.3 Å². The minimum Gasteiger partial charge on any atom is -0.448 e. The molecule has 1 amide bonds. The SMILES string of the molecule is Cc1nc(-c2cccc(Cl)c2)sc1C(=O)O[C@H](C)C(=O)N(C)C. The van der Waals surface area contributed by atoms with Gasteiger partial charge >= 0.3 is 5.97 Å². The van der Waals surface area contributed by atoms with Gasteiger partial charge in [-0.3, -0.25) is 4.79 Å². The Labute approximate surface area is 143 Å². The van der Waals surface area contributed by atoms with Gasteiger partial charge in [-0.25, -0.2) is 9.78 Å². The number of halogens is 1. The second-order valence-electron chi connectivity index (χ2n) is 5.22. The number of esters is 1. The zero-order valence-electron chi connectivity index (χ0n) is 13.3. The molecule has 23 heavy (non-hydrogen) atoms. The Kier molecular flexibility index (Phi) is 5.38. The van der Waals surface area contributed by atoms with Crippen LogP contribution in [0.15, 0.2) is 24.3 Å². The average molecular weight is 353 g/mol. The largest absolute Gasteiger partial charge is 0.448 e. The van der Waals surface area contributed by atoms with E-state index in [0.29, 0.717) is 20.6 Å². The molecule has 0 bridgehead atoms. The van der Waals surface area contributed by atoms with Crippen molar-refractivity contribution >= 4 is 34.8 Å². The molecule has 1 heterocycles. The monoisotopic (exact) mass is 352 g/mol. The number of hydrogen-bond donors (Lipinski definition) is 0. The summed E-state index contributed by atoms with van der Waals surface area (Å²) in [5, 5.41) is 1.29. The smallest absolute Gasteiger partial charge is 0.351 e. The molecule has 5 nitrogen and oxygen atoms in total. The fourth-order valence-corrected chi connectivity index (χ4v) is 3.09. The van der Waals surface area contributed by atoms with Crippen molar-refractivity contribution in [3.8, 4) is 10.6 Å². The zero-order chi connectivity index (χ0) is 17.1. The lowest BCUT2D eigenvalue weighted by molar-refractivity contribution is -0.137. The predicted octanol–water partition coefficient (Wildman–Crippen LogP) is 3.41. The summed E-state index contributed by atoms with van der Waals surface area (Å²) < 4.78 is 5.23. The fraction of sp³-hybridized carbons (Fsp3) is 0.312. The summed E-state index contributed by atoms with van der Waals surface area (Å²) >= 11 is 7.20. The van der Waals surface area contributed by atoms with E-state index < -0.39 is 12.1 Å². The Morgan fingerprint density at radius 1 is 1.35 bits per heavy atom. The van der Waals surface area contributed by atoms with Gasteiger partial charge in [0.2, 0.25) is 0 Å². The maximum absolute atomic E-state index is 12.3. The lowest BCUT2D eigenvalue weighted by Gasteiger charge is -2.16. The lowest BCUT2D eigenvalue weighted by atomic mass is 10.2. The normalized spacial score (nSPS) is 11.9. The lowest BCUT2D eigenvalue weighted by Crippen LogP contribution is -2.34. The molecule has 0 N–H and O–H groups in total. The number of aryl methyl sites for hydroxylation is 1. The summed E-state index contributed by atoms with van der Waals surface area (Å²) in [4.78, 5) is 30.2. The van der Waals surface area contributed by atoms with Crippen molar-refractivity contribution in [3.05, 3.63) is 39.9 Å². The minimum atomic E-state index is -0.839. The molecule has 2 rings (SSSR count). The molecule has 0 saturated carbocycles. The molecule has 2 aromatic rings. The summed E-state index contributed by atoms with van der Waals surface area (Å²) in [5.41, 5.74) is 1.40. The number of ether oxygens (including phenoxy) is 1. The van der Waals surface area contributed by atoms with Crippen molar-refractivity contribution in [2.45, 2.75) is 20.0 Å². The van der Waals surface area contributed by atoms with E-state index in [1.807, 2.05) is 12.1 Å². The topological polar surface area (TPSA) is 59.5 Å². The molecule has 0 aliphatic carbocycles. The summed E-state index contributed by atoms with van der Waals surface area (Å²) in [6.45, 7) is 3.29. The van der Waals surface area contributed by atoms with Crippen molar-refractivity contribution in [2.24, 2.45) is 0 Å². The Morgan fingerprint density at radius 3 is 2.65 bits per heavy atom. The highest BCUT2D eigenvalue weighted by atomic mass is 35.5. The molecule has 0 saturated heterocycles. The Bertz CT molecular complexity index is 743. The van der Waals surface area contributed by atoms with E-state index in [9.17, 15) is 9.59 Å².